The smallest absolute Gasteiger partial charge is 0.350 e. The molecule has 0 saturated carbocycles. The van der Waals surface area contributed by atoms with Crippen LogP contribution >= 0.6 is 35.2 Å². The molecule has 3 rings (SSSR count). The minimum atomic E-state index is -0.460. The first-order chi connectivity index (χ1) is 12.6. The van der Waals surface area contributed by atoms with E-state index in [0.29, 0.717) is 21.3 Å². The molecule has 0 bridgehead atoms. The van der Waals surface area contributed by atoms with Crippen LogP contribution in [0.1, 0.15) is 9.67 Å². The van der Waals surface area contributed by atoms with Gasteiger partial charge in [-0.15, -0.1) is 11.3 Å². The third-order valence-electron chi connectivity index (χ3n) is 3.43. The van der Waals surface area contributed by atoms with E-state index < -0.39 is 5.97 Å². The Morgan fingerprint density at radius 2 is 1.81 bits per heavy atom. The van der Waals surface area contributed by atoms with E-state index in [1.54, 1.807) is 24.3 Å². The molecule has 0 saturated heterocycles. The second-order valence-corrected chi connectivity index (χ2v) is 6.98. The SMILES string of the molecule is COC(=O)c1sc(-c2ccccc2Cl)cc1NC(=S)Oc1ccccc1. The van der Waals surface area contributed by atoms with E-state index in [1.807, 2.05) is 36.4 Å². The summed E-state index contributed by atoms with van der Waals surface area (Å²) in [5.41, 5.74) is 1.34. The number of para-hydroxylation sites is 1. The van der Waals surface area contributed by atoms with Gasteiger partial charge in [-0.2, -0.15) is 0 Å². The minimum absolute atomic E-state index is 0.130. The number of nitrogens with one attached hydrogen (secondary N) is 1. The molecule has 26 heavy (non-hydrogen) atoms. The maximum Gasteiger partial charge on any atom is 0.350 e. The zero-order valence-corrected chi connectivity index (χ0v) is 16.1. The predicted molar refractivity (Wildman–Crippen MR) is 109 cm³/mol. The number of thiocarbonyl (C=S) groups is 1. The van der Waals surface area contributed by atoms with Gasteiger partial charge in [0.1, 0.15) is 10.6 Å². The average molecular weight is 404 g/mol. The molecule has 7 heteroatoms. The van der Waals surface area contributed by atoms with Crippen molar-refractivity contribution < 1.29 is 14.3 Å². The van der Waals surface area contributed by atoms with Crippen LogP contribution in [0.2, 0.25) is 5.02 Å². The fraction of sp³-hybridized carbons (Fsp3) is 0.0526. The van der Waals surface area contributed by atoms with Crippen molar-refractivity contribution >= 4 is 52.0 Å². The van der Waals surface area contributed by atoms with Crippen LogP contribution < -0.4 is 10.1 Å². The molecule has 1 aromatic heterocycles. The molecule has 0 aliphatic rings. The summed E-state index contributed by atoms with van der Waals surface area (Å²) in [5.74, 6) is 0.143. The zero-order valence-electron chi connectivity index (χ0n) is 13.7. The van der Waals surface area contributed by atoms with Crippen molar-refractivity contribution in [1.82, 2.24) is 0 Å². The summed E-state index contributed by atoms with van der Waals surface area (Å²) in [7, 11) is 1.33. The van der Waals surface area contributed by atoms with E-state index in [0.717, 1.165) is 10.4 Å². The van der Waals surface area contributed by atoms with E-state index in [9.17, 15) is 4.79 Å². The number of carbonyl (C=O) groups excluding carboxylic acids is 1. The first kappa shape index (κ1) is 18.4. The first-order valence-electron chi connectivity index (χ1n) is 7.59. The number of hydrogen-bond acceptors (Lipinski definition) is 5. The Balaban J connectivity index is 1.89. The number of benzene rings is 2. The Morgan fingerprint density at radius 1 is 1.12 bits per heavy atom. The van der Waals surface area contributed by atoms with Gasteiger partial charge in [-0.1, -0.05) is 48.0 Å². The summed E-state index contributed by atoms with van der Waals surface area (Å²) >= 11 is 12.8. The van der Waals surface area contributed by atoms with E-state index in [1.165, 1.54) is 18.4 Å². The molecule has 1 N–H and O–H groups in total. The van der Waals surface area contributed by atoms with Crippen LogP contribution in [0, 0.1) is 0 Å². The maximum absolute atomic E-state index is 12.1. The molecular weight excluding hydrogens is 390 g/mol. The number of esters is 1. The topological polar surface area (TPSA) is 47.6 Å². The fourth-order valence-corrected chi connectivity index (χ4v) is 3.82. The van der Waals surface area contributed by atoms with Crippen LogP contribution in [0.5, 0.6) is 5.75 Å². The summed E-state index contributed by atoms with van der Waals surface area (Å²) in [5, 5.41) is 3.69. The average Bonchev–Trinajstić information content (AvgIpc) is 3.05. The molecule has 1 heterocycles. The lowest BCUT2D eigenvalue weighted by atomic mass is 10.2. The van der Waals surface area contributed by atoms with Gasteiger partial charge in [-0.05, 0) is 36.5 Å². The summed E-state index contributed by atoms with van der Waals surface area (Å²) < 4.78 is 10.4. The molecule has 0 spiro atoms. The number of ether oxygens (including phenoxy) is 2. The Hall–Kier alpha value is -2.41. The largest absolute Gasteiger partial charge is 0.465 e. The number of halogens is 1. The molecular formula is C19H14ClNO3S2. The van der Waals surface area contributed by atoms with Crippen molar-refractivity contribution in [1.29, 1.82) is 0 Å². The van der Waals surface area contributed by atoms with Gasteiger partial charge in [0, 0.05) is 15.5 Å². The van der Waals surface area contributed by atoms with Gasteiger partial charge in [0.2, 0.25) is 0 Å². The highest BCUT2D eigenvalue weighted by Gasteiger charge is 2.20. The predicted octanol–water partition coefficient (Wildman–Crippen LogP) is 5.63. The highest BCUT2D eigenvalue weighted by molar-refractivity contribution is 7.80. The fourth-order valence-electron chi connectivity index (χ4n) is 2.25. The van der Waals surface area contributed by atoms with Crippen LogP contribution in [0.4, 0.5) is 5.69 Å². The molecule has 2 aromatic carbocycles. The van der Waals surface area contributed by atoms with Crippen LogP contribution in [-0.2, 0) is 4.74 Å². The molecule has 0 fully saturated rings. The van der Waals surface area contributed by atoms with Crippen LogP contribution in [-0.4, -0.2) is 18.3 Å². The summed E-state index contributed by atoms with van der Waals surface area (Å²) in [6.45, 7) is 0. The van der Waals surface area contributed by atoms with E-state index >= 15 is 0 Å². The lowest BCUT2D eigenvalue weighted by molar-refractivity contribution is 0.0607. The molecule has 0 unspecified atom stereocenters. The highest BCUT2D eigenvalue weighted by Crippen LogP contribution is 2.38. The summed E-state index contributed by atoms with van der Waals surface area (Å²) in [6, 6.07) is 18.4. The van der Waals surface area contributed by atoms with Gasteiger partial charge in [-0.25, -0.2) is 4.79 Å². The Bertz CT molecular complexity index is 941. The van der Waals surface area contributed by atoms with Gasteiger partial charge >= 0.3 is 5.97 Å². The van der Waals surface area contributed by atoms with Crippen molar-refractivity contribution in [2.24, 2.45) is 0 Å². The first-order valence-corrected chi connectivity index (χ1v) is 9.19. The number of anilines is 1. The van der Waals surface area contributed by atoms with Gasteiger partial charge < -0.3 is 14.8 Å². The highest BCUT2D eigenvalue weighted by atomic mass is 35.5. The Kier molecular flexibility index (Phi) is 5.88. The van der Waals surface area contributed by atoms with Crippen LogP contribution in [0.15, 0.2) is 60.7 Å². The summed E-state index contributed by atoms with van der Waals surface area (Å²) in [4.78, 5) is 13.3. The van der Waals surface area contributed by atoms with Crippen molar-refractivity contribution in [3.8, 4) is 16.2 Å². The van der Waals surface area contributed by atoms with Gasteiger partial charge in [0.25, 0.3) is 5.17 Å². The van der Waals surface area contributed by atoms with E-state index in [-0.39, 0.29) is 5.17 Å². The molecule has 132 valence electrons. The number of rotatable bonds is 4. The van der Waals surface area contributed by atoms with E-state index in [4.69, 9.17) is 33.3 Å². The normalized spacial score (nSPS) is 10.2. The number of carbonyl (C=O) groups is 1. The molecule has 3 aromatic rings. The van der Waals surface area contributed by atoms with Gasteiger partial charge in [-0.3, -0.25) is 0 Å². The Labute approximate surface area is 165 Å². The minimum Gasteiger partial charge on any atom is -0.465 e. The molecule has 0 atom stereocenters. The Morgan fingerprint density at radius 3 is 2.50 bits per heavy atom. The number of hydrogen-bond donors (Lipinski definition) is 1. The lowest BCUT2D eigenvalue weighted by Crippen LogP contribution is -2.17. The number of methoxy groups -OCH3 is 1. The van der Waals surface area contributed by atoms with Gasteiger partial charge in [0.05, 0.1) is 12.8 Å². The third-order valence-corrected chi connectivity index (χ3v) is 5.10. The molecule has 0 aliphatic carbocycles. The van der Waals surface area contributed by atoms with Crippen molar-refractivity contribution in [3.63, 3.8) is 0 Å². The molecule has 0 amide bonds. The molecule has 4 nitrogen and oxygen atoms in total. The summed E-state index contributed by atoms with van der Waals surface area (Å²) in [6.07, 6.45) is 0. The van der Waals surface area contributed by atoms with Crippen molar-refractivity contribution in [3.05, 3.63) is 70.6 Å². The van der Waals surface area contributed by atoms with Crippen LogP contribution in [0.25, 0.3) is 10.4 Å². The monoisotopic (exact) mass is 403 g/mol. The van der Waals surface area contributed by atoms with Crippen molar-refractivity contribution in [2.75, 3.05) is 12.4 Å². The third kappa shape index (κ3) is 4.22. The molecule has 0 radical (unpaired) electrons. The standard InChI is InChI=1S/C19H14ClNO3S2/c1-23-18(22)17-15(21-19(25)24-12-7-3-2-4-8-12)11-16(26-17)13-9-5-6-10-14(13)20/h2-11H,1H3,(H,21,25). The van der Waals surface area contributed by atoms with E-state index in [2.05, 4.69) is 5.32 Å². The lowest BCUT2D eigenvalue weighted by Gasteiger charge is -2.09. The zero-order chi connectivity index (χ0) is 18.5. The van der Waals surface area contributed by atoms with Crippen LogP contribution in [0.3, 0.4) is 0 Å². The number of thiophene rings is 1. The second kappa shape index (κ2) is 8.31. The molecule has 0 aliphatic heterocycles. The van der Waals surface area contributed by atoms with Crippen molar-refractivity contribution in [2.45, 2.75) is 0 Å². The second-order valence-electron chi connectivity index (χ2n) is 5.15. The van der Waals surface area contributed by atoms with Gasteiger partial charge in [0.15, 0.2) is 0 Å². The maximum atomic E-state index is 12.1. The quantitative estimate of drug-likeness (QED) is 0.451.